The van der Waals surface area contributed by atoms with Crippen LogP contribution in [0.15, 0.2) is 48.6 Å². The minimum Gasteiger partial charge on any atom is -0.481 e. The van der Waals surface area contributed by atoms with Gasteiger partial charge in [-0.25, -0.2) is 9.59 Å². The van der Waals surface area contributed by atoms with E-state index in [4.69, 9.17) is 19.2 Å². The van der Waals surface area contributed by atoms with Crippen LogP contribution in [-0.4, -0.2) is 67.1 Å². The molecule has 0 bridgehead atoms. The van der Waals surface area contributed by atoms with Gasteiger partial charge >= 0.3 is 18.1 Å². The summed E-state index contributed by atoms with van der Waals surface area (Å²) >= 11 is 0. The average Bonchev–Trinajstić information content (AvgIpc) is 3.40. The molecule has 0 aromatic rings. The molecule has 9 nitrogen and oxygen atoms in total. The van der Waals surface area contributed by atoms with Crippen molar-refractivity contribution in [2.24, 2.45) is 10.8 Å². The number of carbonyl (C=O) groups is 3. The first kappa shape index (κ1) is 71.1. The number of hydrogen-bond acceptors (Lipinski definition) is 8. The number of carboxylic acid groups (broad SMARTS) is 1. The van der Waals surface area contributed by atoms with Crippen molar-refractivity contribution in [3.8, 4) is 0 Å². The van der Waals surface area contributed by atoms with E-state index in [2.05, 4.69) is 88.1 Å². The second-order valence-electron chi connectivity index (χ2n) is 21.5. The molecule has 432 valence electrons. The van der Waals surface area contributed by atoms with Crippen LogP contribution in [0.3, 0.4) is 0 Å². The van der Waals surface area contributed by atoms with Gasteiger partial charge in [0.2, 0.25) is 0 Å². The van der Waals surface area contributed by atoms with Crippen molar-refractivity contribution >= 4 is 18.1 Å². The third-order valence-corrected chi connectivity index (χ3v) is 15.5. The van der Waals surface area contributed by atoms with Gasteiger partial charge in [-0.3, -0.25) is 9.68 Å². The molecule has 0 radical (unpaired) electrons. The minimum atomic E-state index is -0.819. The highest BCUT2D eigenvalue weighted by molar-refractivity contribution is 5.76. The molecule has 0 aromatic heterocycles. The zero-order valence-electron chi connectivity index (χ0n) is 49.6. The fourth-order valence-electron chi connectivity index (χ4n) is 10.1. The maximum absolute atomic E-state index is 14.3. The second-order valence-corrected chi connectivity index (χ2v) is 21.5. The largest absolute Gasteiger partial charge is 0.508 e. The van der Waals surface area contributed by atoms with Crippen LogP contribution in [0.4, 0.5) is 4.79 Å². The van der Waals surface area contributed by atoms with Crippen LogP contribution in [0.2, 0.25) is 0 Å². The molecule has 0 aliphatic carbocycles. The number of hydrogen-bond donors (Lipinski definition) is 1. The summed E-state index contributed by atoms with van der Waals surface area (Å²) in [6.45, 7) is 18.0. The summed E-state index contributed by atoms with van der Waals surface area (Å²) in [5.41, 5.74) is -1.63. The van der Waals surface area contributed by atoms with E-state index in [-0.39, 0.29) is 13.2 Å². The van der Waals surface area contributed by atoms with E-state index in [0.717, 1.165) is 122 Å². The molecule has 0 saturated carbocycles. The van der Waals surface area contributed by atoms with Crippen LogP contribution in [0.1, 0.15) is 299 Å². The van der Waals surface area contributed by atoms with Crippen molar-refractivity contribution in [1.29, 1.82) is 0 Å². The number of aliphatic carboxylic acids is 1. The van der Waals surface area contributed by atoms with Crippen LogP contribution in [0.25, 0.3) is 0 Å². The number of rotatable bonds is 55. The highest BCUT2D eigenvalue weighted by Gasteiger charge is 2.41. The molecular formula is C65H119NO8. The predicted octanol–water partition coefficient (Wildman–Crippen LogP) is 19.9. The van der Waals surface area contributed by atoms with Crippen molar-refractivity contribution in [1.82, 2.24) is 4.90 Å². The van der Waals surface area contributed by atoms with E-state index in [1.165, 1.54) is 96.3 Å². The molecule has 74 heavy (non-hydrogen) atoms. The Kier molecular flexibility index (Phi) is 50.1. The molecular weight excluding hydrogens is 923 g/mol. The number of unbranched alkanes of at least 4 members (excludes halogenated alkanes) is 23. The summed E-state index contributed by atoms with van der Waals surface area (Å²) in [7, 11) is 0. The van der Waals surface area contributed by atoms with Gasteiger partial charge in [0.05, 0.1) is 17.4 Å². The van der Waals surface area contributed by atoms with Crippen molar-refractivity contribution in [3.05, 3.63) is 48.6 Å². The first-order valence-corrected chi connectivity index (χ1v) is 31.4. The van der Waals surface area contributed by atoms with E-state index < -0.39 is 35.0 Å². The van der Waals surface area contributed by atoms with Gasteiger partial charge in [-0.15, -0.1) is 0 Å². The van der Waals surface area contributed by atoms with E-state index in [9.17, 15) is 19.5 Å². The Morgan fingerprint density at radius 1 is 0.473 bits per heavy atom. The third-order valence-electron chi connectivity index (χ3n) is 15.5. The van der Waals surface area contributed by atoms with Crippen molar-refractivity contribution in [2.75, 3.05) is 32.8 Å². The van der Waals surface area contributed by atoms with Gasteiger partial charge in [-0.1, -0.05) is 225 Å². The summed E-state index contributed by atoms with van der Waals surface area (Å²) in [5, 5.41) is 10.7. The number of ether oxygens (including phenoxy) is 2. The average molecular weight is 1040 g/mol. The smallest absolute Gasteiger partial charge is 0.481 e. The van der Waals surface area contributed by atoms with E-state index >= 15 is 0 Å². The lowest BCUT2D eigenvalue weighted by molar-refractivity contribution is -0.291. The normalized spacial score (nSPS) is 14.2. The molecule has 0 saturated heterocycles. The molecule has 0 amide bonds. The molecule has 3 unspecified atom stereocenters. The van der Waals surface area contributed by atoms with Gasteiger partial charge in [0.25, 0.3) is 0 Å². The van der Waals surface area contributed by atoms with Gasteiger partial charge in [0.15, 0.2) is 0 Å². The predicted molar refractivity (Wildman–Crippen MR) is 314 cm³/mol. The molecule has 1 N–H and O–H groups in total. The van der Waals surface area contributed by atoms with Gasteiger partial charge < -0.3 is 19.5 Å². The van der Waals surface area contributed by atoms with Crippen LogP contribution < -0.4 is 0 Å². The van der Waals surface area contributed by atoms with Crippen molar-refractivity contribution < 1.29 is 38.7 Å². The van der Waals surface area contributed by atoms with Gasteiger partial charge in [0.1, 0.15) is 12.7 Å². The lowest BCUT2D eigenvalue weighted by atomic mass is 9.71. The van der Waals surface area contributed by atoms with E-state index in [1.54, 1.807) is 0 Å². The van der Waals surface area contributed by atoms with Crippen LogP contribution in [0, 0.1) is 10.8 Å². The van der Waals surface area contributed by atoms with Gasteiger partial charge in [-0.2, -0.15) is 4.89 Å². The lowest BCUT2D eigenvalue weighted by Gasteiger charge is -2.33. The van der Waals surface area contributed by atoms with Crippen LogP contribution >= 0.6 is 0 Å². The zero-order chi connectivity index (χ0) is 54.5. The van der Waals surface area contributed by atoms with Crippen molar-refractivity contribution in [3.63, 3.8) is 0 Å². The molecule has 0 aromatic carbocycles. The highest BCUT2D eigenvalue weighted by atomic mass is 17.2. The zero-order valence-corrected chi connectivity index (χ0v) is 49.6. The third kappa shape index (κ3) is 39.5. The minimum absolute atomic E-state index is 0.0650. The summed E-state index contributed by atoms with van der Waals surface area (Å²) < 4.78 is 11.3. The Bertz CT molecular complexity index is 1410. The first-order valence-electron chi connectivity index (χ1n) is 31.4. The molecule has 0 heterocycles. The highest BCUT2D eigenvalue weighted by Crippen LogP contribution is 2.41. The van der Waals surface area contributed by atoms with E-state index in [1.807, 2.05) is 13.8 Å². The maximum atomic E-state index is 14.3. The SMILES string of the molecule is CCCCCC=CCC=CCCCCCCC(CC)(CCCC(CC)(CCCCCCC=CCC=CCCCCC)C(=O)OOCC(CCCCCCCCCCCC)OC(=O)OCCCN(CC)CC)C(=O)O. The molecule has 0 aliphatic rings. The lowest BCUT2D eigenvalue weighted by Crippen LogP contribution is -2.35. The number of allylic oxidation sites excluding steroid dienone is 8. The first-order chi connectivity index (χ1) is 36.1. The summed E-state index contributed by atoms with van der Waals surface area (Å²) in [4.78, 5) is 54.1. The van der Waals surface area contributed by atoms with Crippen LogP contribution in [0.5, 0.6) is 0 Å². The standard InChI is InChI=1S/C65H119NO8/c1-8-15-18-21-24-27-30-32-34-36-39-42-45-48-53-64(11-4,61(67)68)55-50-56-65(12-5,54-49-46-43-40-37-35-33-31-28-25-22-19-16-9-2)62(69)74-72-59-60(52-47-44-41-38-29-26-23-20-17-10-3)73-63(70)71-58-51-57-66(13-6)14-7/h24-25,27-28,32-35,60H,8-23,26,29-31,36-59H2,1-7H3,(H,67,68). The number of carbonyl (C=O) groups excluding carboxylic acids is 2. The molecule has 0 fully saturated rings. The Morgan fingerprint density at radius 3 is 1.35 bits per heavy atom. The fraction of sp³-hybridized carbons (Fsp3) is 0.831. The monoisotopic (exact) mass is 1040 g/mol. The molecule has 0 rings (SSSR count). The summed E-state index contributed by atoms with van der Waals surface area (Å²) in [5.74, 6) is -1.14. The fourth-order valence-corrected chi connectivity index (χ4v) is 10.1. The second kappa shape index (κ2) is 52.2. The summed E-state index contributed by atoms with van der Waals surface area (Å²) in [6.07, 6.45) is 56.6. The molecule has 9 heteroatoms. The Hall–Kier alpha value is -2.91. The van der Waals surface area contributed by atoms with Crippen LogP contribution in [-0.2, 0) is 28.8 Å². The quantitative estimate of drug-likeness (QED) is 0.0209. The summed E-state index contributed by atoms with van der Waals surface area (Å²) in [6, 6.07) is 0. The van der Waals surface area contributed by atoms with Gasteiger partial charge in [0, 0.05) is 6.54 Å². The Balaban J connectivity index is 5.72. The Morgan fingerprint density at radius 2 is 0.878 bits per heavy atom. The topological polar surface area (TPSA) is 112 Å². The number of nitrogens with zero attached hydrogens (tertiary/aromatic N) is 1. The molecule has 3 atom stereocenters. The number of carboxylic acids is 1. The Labute approximate surface area is 457 Å². The van der Waals surface area contributed by atoms with E-state index in [0.29, 0.717) is 51.4 Å². The molecule has 0 spiro atoms. The maximum Gasteiger partial charge on any atom is 0.508 e. The molecule has 0 aliphatic heterocycles. The van der Waals surface area contributed by atoms with Crippen molar-refractivity contribution in [2.45, 2.75) is 305 Å². The van der Waals surface area contributed by atoms with Gasteiger partial charge in [-0.05, 0) is 135 Å².